The lowest BCUT2D eigenvalue weighted by molar-refractivity contribution is -0.870. The monoisotopic (exact) mass is 540 g/mol. The first-order valence-electron chi connectivity index (χ1n) is 14.4. The van der Waals surface area contributed by atoms with Gasteiger partial charge in [0.15, 0.2) is 0 Å². The van der Waals surface area contributed by atoms with Gasteiger partial charge in [0.1, 0.15) is 5.75 Å². The Morgan fingerprint density at radius 2 is 2.00 bits per heavy atom. The summed E-state index contributed by atoms with van der Waals surface area (Å²) in [5.74, 6) is -0.578. The van der Waals surface area contributed by atoms with E-state index in [1.807, 2.05) is 27.8 Å². The molecule has 3 heterocycles. The summed E-state index contributed by atoms with van der Waals surface area (Å²) in [5.41, 5.74) is 2.17. The van der Waals surface area contributed by atoms with Crippen LogP contribution in [0.15, 0.2) is 36.9 Å². The molecule has 39 heavy (non-hydrogen) atoms. The van der Waals surface area contributed by atoms with Crippen LogP contribution in [0.3, 0.4) is 0 Å². The number of carbonyl (C=O) groups is 2. The van der Waals surface area contributed by atoms with E-state index < -0.39 is 11.9 Å². The van der Waals surface area contributed by atoms with Crippen LogP contribution in [0.4, 0.5) is 0 Å². The predicted octanol–water partition coefficient (Wildman–Crippen LogP) is 3.10. The van der Waals surface area contributed by atoms with Gasteiger partial charge in [-0.15, -0.1) is 0 Å². The zero-order valence-corrected chi connectivity index (χ0v) is 24.1. The molecule has 3 atom stereocenters. The number of benzene rings is 1. The molecule has 1 N–H and O–H groups in total. The Balaban J connectivity index is 1.55. The third kappa shape index (κ3) is 7.60. The highest BCUT2D eigenvalue weighted by atomic mass is 16.5. The molecule has 2 aromatic rings. The molecule has 1 fully saturated rings. The zero-order valence-electron chi connectivity index (χ0n) is 24.1. The number of unbranched alkanes of at least 4 members (excludes halogenated alkanes) is 1. The maximum atomic E-state index is 13.7. The predicted molar refractivity (Wildman–Crippen MR) is 151 cm³/mol. The SMILES string of the molecule is CCCCN(CCC[N+](C)(C)C)C(=O)CN1CC(c2ccc3c(c2)CCO3)C(C(=O)O)C1CCn1ccnc1. The number of carbonyl (C=O) groups excluding carboxylic acids is 1. The summed E-state index contributed by atoms with van der Waals surface area (Å²) in [5, 5.41) is 10.5. The van der Waals surface area contributed by atoms with E-state index in [0.29, 0.717) is 26.1 Å². The molecule has 0 spiro atoms. The highest BCUT2D eigenvalue weighted by Gasteiger charge is 2.47. The number of aromatic nitrogens is 2. The van der Waals surface area contributed by atoms with Gasteiger partial charge >= 0.3 is 5.97 Å². The van der Waals surface area contributed by atoms with E-state index in [2.05, 4.69) is 44.0 Å². The fraction of sp³-hybridized carbons (Fsp3) is 0.633. The van der Waals surface area contributed by atoms with Crippen molar-refractivity contribution in [2.45, 2.75) is 57.5 Å². The van der Waals surface area contributed by atoms with E-state index in [0.717, 1.165) is 66.7 Å². The summed E-state index contributed by atoms with van der Waals surface area (Å²) in [6.45, 7) is 6.75. The summed E-state index contributed by atoms with van der Waals surface area (Å²) in [4.78, 5) is 34.8. The number of hydrogen-bond acceptors (Lipinski definition) is 5. The minimum atomic E-state index is -0.798. The van der Waals surface area contributed by atoms with Crippen LogP contribution in [0, 0.1) is 5.92 Å². The number of ether oxygens (including phenoxy) is 1. The molecule has 2 aliphatic rings. The van der Waals surface area contributed by atoms with Crippen molar-refractivity contribution >= 4 is 11.9 Å². The van der Waals surface area contributed by atoms with Crippen molar-refractivity contribution in [3.05, 3.63) is 48.0 Å². The fourth-order valence-corrected chi connectivity index (χ4v) is 6.05. The van der Waals surface area contributed by atoms with Gasteiger partial charge in [0, 0.05) is 63.4 Å². The number of carboxylic acid groups (broad SMARTS) is 1. The first-order valence-corrected chi connectivity index (χ1v) is 14.4. The van der Waals surface area contributed by atoms with Crippen LogP contribution < -0.4 is 4.74 Å². The van der Waals surface area contributed by atoms with Crippen molar-refractivity contribution in [1.29, 1.82) is 0 Å². The van der Waals surface area contributed by atoms with Crippen LogP contribution in [0.2, 0.25) is 0 Å². The number of hydrogen-bond donors (Lipinski definition) is 1. The summed E-state index contributed by atoms with van der Waals surface area (Å²) >= 11 is 0. The van der Waals surface area contributed by atoms with Gasteiger partial charge in [-0.3, -0.25) is 14.5 Å². The standard InChI is InChI=1S/C30H45N5O4/c1-5-6-13-33(14-7-17-35(2,3)4)28(36)21-34-20-25(23-8-9-27-24(19-23)11-18-39-27)29(30(37)38)26(34)10-15-32-16-12-31-22-32/h8-9,12,16,19,22,25-26,29H,5-7,10-11,13-15,17-18,20-21H2,1-4H3/p+1. The Morgan fingerprint density at radius 1 is 1.21 bits per heavy atom. The average molecular weight is 541 g/mol. The summed E-state index contributed by atoms with van der Waals surface area (Å²) in [6, 6.07) is 5.87. The quantitative estimate of drug-likeness (QED) is 0.371. The van der Waals surface area contributed by atoms with Gasteiger partial charge in [0.2, 0.25) is 5.91 Å². The van der Waals surface area contributed by atoms with Crippen LogP contribution in [-0.4, -0.2) is 107 Å². The second-order valence-corrected chi connectivity index (χ2v) is 12.1. The van der Waals surface area contributed by atoms with E-state index >= 15 is 0 Å². The molecule has 4 rings (SSSR count). The van der Waals surface area contributed by atoms with E-state index in [1.54, 1.807) is 12.5 Å². The summed E-state index contributed by atoms with van der Waals surface area (Å²) < 4.78 is 8.54. The average Bonchev–Trinajstić information content (AvgIpc) is 3.63. The first-order chi connectivity index (χ1) is 18.7. The number of rotatable bonds is 14. The molecule has 3 unspecified atom stereocenters. The van der Waals surface area contributed by atoms with Crippen LogP contribution >= 0.6 is 0 Å². The molecule has 1 aromatic carbocycles. The van der Waals surface area contributed by atoms with E-state index in [9.17, 15) is 14.7 Å². The number of fused-ring (bicyclic) bond motifs is 1. The van der Waals surface area contributed by atoms with Gasteiger partial charge in [0.05, 0.1) is 53.1 Å². The third-order valence-corrected chi connectivity index (χ3v) is 8.15. The second-order valence-electron chi connectivity index (χ2n) is 12.1. The summed E-state index contributed by atoms with van der Waals surface area (Å²) in [7, 11) is 6.51. The molecule has 0 aliphatic carbocycles. The van der Waals surface area contributed by atoms with Crippen molar-refractivity contribution in [1.82, 2.24) is 19.4 Å². The Morgan fingerprint density at radius 3 is 2.69 bits per heavy atom. The van der Waals surface area contributed by atoms with Crippen molar-refractivity contribution in [3.63, 3.8) is 0 Å². The Hall–Kier alpha value is -2.91. The number of aliphatic carboxylic acids is 1. The number of nitrogens with zero attached hydrogens (tertiary/aromatic N) is 5. The lowest BCUT2D eigenvalue weighted by atomic mass is 9.83. The zero-order chi connectivity index (χ0) is 28.0. The normalized spacial score (nSPS) is 21.1. The maximum absolute atomic E-state index is 13.7. The van der Waals surface area contributed by atoms with Crippen molar-refractivity contribution in [2.75, 3.05) is 60.5 Å². The number of likely N-dealkylation sites (tertiary alicyclic amines) is 1. The molecule has 9 heteroatoms. The largest absolute Gasteiger partial charge is 0.493 e. The molecular formula is C30H46N5O4+. The maximum Gasteiger partial charge on any atom is 0.308 e. The molecule has 2 aliphatic heterocycles. The van der Waals surface area contributed by atoms with Gasteiger partial charge in [-0.1, -0.05) is 25.5 Å². The topological polar surface area (TPSA) is 87.9 Å². The smallest absolute Gasteiger partial charge is 0.308 e. The van der Waals surface area contributed by atoms with Gasteiger partial charge in [-0.2, -0.15) is 0 Å². The molecule has 214 valence electrons. The van der Waals surface area contributed by atoms with E-state index in [4.69, 9.17) is 4.74 Å². The number of amides is 1. The number of imidazole rings is 1. The van der Waals surface area contributed by atoms with Crippen LogP contribution in [0.1, 0.15) is 49.7 Å². The van der Waals surface area contributed by atoms with E-state index in [-0.39, 0.29) is 24.4 Å². The molecule has 0 radical (unpaired) electrons. The van der Waals surface area contributed by atoms with Crippen LogP contribution in [0.5, 0.6) is 5.75 Å². The van der Waals surface area contributed by atoms with Crippen molar-refractivity contribution in [3.8, 4) is 5.75 Å². The van der Waals surface area contributed by atoms with Crippen molar-refractivity contribution < 1.29 is 23.9 Å². The molecule has 9 nitrogen and oxygen atoms in total. The minimum absolute atomic E-state index is 0.102. The molecule has 1 saturated heterocycles. The van der Waals surface area contributed by atoms with Gasteiger partial charge in [-0.05, 0) is 30.0 Å². The third-order valence-electron chi connectivity index (χ3n) is 8.15. The van der Waals surface area contributed by atoms with E-state index in [1.165, 1.54) is 0 Å². The lowest BCUT2D eigenvalue weighted by Gasteiger charge is -2.31. The number of carboxylic acids is 1. The number of aryl methyl sites for hydroxylation is 1. The fourth-order valence-electron chi connectivity index (χ4n) is 6.05. The molecular weight excluding hydrogens is 494 g/mol. The Kier molecular flexibility index (Phi) is 9.67. The van der Waals surface area contributed by atoms with Crippen LogP contribution in [-0.2, 0) is 22.6 Å². The first kappa shape index (κ1) is 29.1. The molecule has 0 bridgehead atoms. The van der Waals surface area contributed by atoms with Gasteiger partial charge in [0.25, 0.3) is 0 Å². The molecule has 1 aromatic heterocycles. The van der Waals surface area contributed by atoms with Crippen LogP contribution in [0.25, 0.3) is 0 Å². The minimum Gasteiger partial charge on any atom is -0.493 e. The molecule has 1 amide bonds. The molecule has 0 saturated carbocycles. The van der Waals surface area contributed by atoms with Crippen molar-refractivity contribution in [2.24, 2.45) is 5.92 Å². The lowest BCUT2D eigenvalue weighted by Crippen LogP contribution is -2.45. The Labute approximate surface area is 232 Å². The highest BCUT2D eigenvalue weighted by molar-refractivity contribution is 5.79. The second kappa shape index (κ2) is 13.0. The highest BCUT2D eigenvalue weighted by Crippen LogP contribution is 2.41. The van der Waals surface area contributed by atoms with Gasteiger partial charge in [-0.25, -0.2) is 4.98 Å². The van der Waals surface area contributed by atoms with Gasteiger partial charge < -0.3 is 23.8 Å². The Bertz CT molecular complexity index is 1100. The summed E-state index contributed by atoms with van der Waals surface area (Å²) in [6.07, 6.45) is 9.83. The number of quaternary nitrogens is 1.